The van der Waals surface area contributed by atoms with Crippen molar-refractivity contribution in [2.45, 2.75) is 22.5 Å². The van der Waals surface area contributed by atoms with Gasteiger partial charge in [-0.15, -0.1) is 0 Å². The van der Waals surface area contributed by atoms with E-state index < -0.39 is 22.0 Å². The van der Waals surface area contributed by atoms with Crippen LogP contribution in [0.1, 0.15) is 5.56 Å². The van der Waals surface area contributed by atoms with Gasteiger partial charge in [0.15, 0.2) is 0 Å². The second-order valence-electron chi connectivity index (χ2n) is 6.35. The molecule has 0 saturated carbocycles. The minimum atomic E-state index is -3.97. The van der Waals surface area contributed by atoms with Crippen molar-refractivity contribution in [3.63, 3.8) is 0 Å². The molecule has 1 aromatic heterocycles. The summed E-state index contributed by atoms with van der Waals surface area (Å²) in [5, 5.41) is 31.9. The summed E-state index contributed by atoms with van der Waals surface area (Å²) in [7, 11) is -3.97. The Morgan fingerprint density at radius 1 is 1.00 bits per heavy atom. The molecule has 0 saturated heterocycles. The molecule has 2 amide bonds. The van der Waals surface area contributed by atoms with Crippen LogP contribution < -0.4 is 15.4 Å². The third kappa shape index (κ3) is 6.23. The predicted molar refractivity (Wildman–Crippen MR) is 108 cm³/mol. The van der Waals surface area contributed by atoms with Crippen molar-refractivity contribution in [3.8, 4) is 5.75 Å². The molecule has 0 unspecified atom stereocenters. The topological polar surface area (TPSA) is 158 Å². The quantitative estimate of drug-likeness (QED) is 0.339. The highest BCUT2D eigenvalue weighted by Crippen LogP contribution is 2.26. The largest absolute Gasteiger partial charge is 0.453 e. The highest BCUT2D eigenvalue weighted by Gasteiger charge is 2.23. The van der Waals surface area contributed by atoms with Crippen molar-refractivity contribution < 1.29 is 33.3 Å². The molecule has 2 aromatic carbocycles. The van der Waals surface area contributed by atoms with E-state index in [4.69, 9.17) is 15.3 Å². The summed E-state index contributed by atoms with van der Waals surface area (Å²) in [5.41, 5.74) is 1.21. The van der Waals surface area contributed by atoms with E-state index in [1.807, 2.05) is 6.07 Å². The van der Waals surface area contributed by atoms with Gasteiger partial charge >= 0.3 is 12.2 Å². The second kappa shape index (κ2) is 9.10. The molecule has 10 nitrogen and oxygen atoms in total. The number of sulfone groups is 1. The highest BCUT2D eigenvalue weighted by atomic mass is 32.2. The minimum Gasteiger partial charge on any atom is -0.417 e. The second-order valence-corrected chi connectivity index (χ2v) is 8.30. The van der Waals surface area contributed by atoms with Crippen LogP contribution in [0.2, 0.25) is 0 Å². The van der Waals surface area contributed by atoms with Crippen LogP contribution in [-0.4, -0.2) is 40.9 Å². The summed E-state index contributed by atoms with van der Waals surface area (Å²) in [4.78, 5) is 15.7. The van der Waals surface area contributed by atoms with Crippen molar-refractivity contribution in [3.05, 3.63) is 78.6 Å². The van der Waals surface area contributed by atoms with E-state index in [-0.39, 0.29) is 22.1 Å². The molecule has 5 N–H and O–H groups in total. The monoisotopic (exact) mass is 445 g/mol. The predicted octanol–water partition coefficient (Wildman–Crippen LogP) is 1.20. The molecular weight excluding hydrogens is 426 g/mol. The Hall–Kier alpha value is -3.51. The van der Waals surface area contributed by atoms with Crippen molar-refractivity contribution in [2.24, 2.45) is 0 Å². The molecule has 3 aromatic rings. The molecule has 0 fully saturated rings. The van der Waals surface area contributed by atoms with Crippen LogP contribution in [0.25, 0.3) is 0 Å². The van der Waals surface area contributed by atoms with E-state index in [0.717, 1.165) is 11.6 Å². The summed E-state index contributed by atoms with van der Waals surface area (Å²) in [6.07, 6.45) is -0.184. The standard InChI is InChI=1S/C20H19N3O7S/c24-19(22-13-14-3-2-10-21-12-14)23-15-6-8-17(9-7-15)31(28,29)18-5-1-4-16(11-18)30-20(25,26)27/h1-12,25-27H,13H2,(H2,22,23,24). The minimum absolute atomic E-state index is 0.0609. The first kappa shape index (κ1) is 22.2. The lowest BCUT2D eigenvalue weighted by atomic mass is 10.3. The van der Waals surface area contributed by atoms with Crippen molar-refractivity contribution in [1.29, 1.82) is 0 Å². The average molecular weight is 445 g/mol. The van der Waals surface area contributed by atoms with Crippen LogP contribution in [0.4, 0.5) is 10.5 Å². The highest BCUT2D eigenvalue weighted by molar-refractivity contribution is 7.91. The van der Waals surface area contributed by atoms with Crippen molar-refractivity contribution in [1.82, 2.24) is 10.3 Å². The van der Waals surface area contributed by atoms with Gasteiger partial charge in [0.25, 0.3) is 0 Å². The van der Waals surface area contributed by atoms with Crippen LogP contribution in [0.15, 0.2) is 82.8 Å². The number of amides is 2. The number of pyridine rings is 1. The fourth-order valence-electron chi connectivity index (χ4n) is 2.58. The summed E-state index contributed by atoms with van der Waals surface area (Å²) in [6, 6.07) is 13.5. The zero-order valence-corrected chi connectivity index (χ0v) is 16.8. The van der Waals surface area contributed by atoms with Crippen LogP contribution in [0.3, 0.4) is 0 Å². The fourth-order valence-corrected chi connectivity index (χ4v) is 3.87. The van der Waals surface area contributed by atoms with Gasteiger partial charge in [0, 0.05) is 24.6 Å². The number of carbonyl (C=O) groups is 1. The first-order chi connectivity index (χ1) is 14.6. The van der Waals surface area contributed by atoms with Gasteiger partial charge in [-0.3, -0.25) is 4.98 Å². The van der Waals surface area contributed by atoms with Gasteiger partial charge in [-0.25, -0.2) is 13.2 Å². The van der Waals surface area contributed by atoms with Gasteiger partial charge in [-0.05, 0) is 54.1 Å². The fraction of sp³-hybridized carbons (Fsp3) is 0.100. The van der Waals surface area contributed by atoms with Crippen molar-refractivity contribution in [2.75, 3.05) is 5.32 Å². The lowest BCUT2D eigenvalue weighted by Crippen LogP contribution is -2.34. The number of aromatic nitrogens is 1. The number of benzene rings is 2. The zero-order chi connectivity index (χ0) is 22.5. The first-order valence-electron chi connectivity index (χ1n) is 8.89. The zero-order valence-electron chi connectivity index (χ0n) is 16.0. The Morgan fingerprint density at radius 3 is 2.39 bits per heavy atom. The van der Waals surface area contributed by atoms with Gasteiger partial charge in [0.1, 0.15) is 5.75 Å². The van der Waals surface area contributed by atoms with E-state index in [2.05, 4.69) is 20.4 Å². The van der Waals surface area contributed by atoms with E-state index in [0.29, 0.717) is 5.69 Å². The maximum absolute atomic E-state index is 12.8. The Balaban J connectivity index is 1.67. The number of rotatable bonds is 7. The summed E-state index contributed by atoms with van der Waals surface area (Å²) < 4.78 is 30.0. The lowest BCUT2D eigenvalue weighted by molar-refractivity contribution is -0.419. The smallest absolute Gasteiger partial charge is 0.417 e. The number of hydrogen-bond donors (Lipinski definition) is 5. The molecule has 0 atom stereocenters. The Labute approximate surface area is 177 Å². The number of urea groups is 1. The SMILES string of the molecule is O=C(NCc1cccnc1)Nc1ccc(S(=O)(=O)c2cccc(OC(O)(O)O)c2)cc1. The maximum atomic E-state index is 12.8. The van der Waals surface area contributed by atoms with E-state index in [1.165, 1.54) is 42.5 Å². The number of nitrogens with one attached hydrogen (secondary N) is 2. The third-order valence-corrected chi connectivity index (χ3v) is 5.74. The van der Waals surface area contributed by atoms with Gasteiger partial charge in [-0.2, -0.15) is 0 Å². The normalized spacial score (nSPS) is 11.6. The van der Waals surface area contributed by atoms with Crippen LogP contribution >= 0.6 is 0 Å². The molecule has 0 radical (unpaired) electrons. The molecule has 0 bridgehead atoms. The molecule has 1 heterocycles. The summed E-state index contributed by atoms with van der Waals surface area (Å²) in [6.45, 7) is 0.279. The van der Waals surface area contributed by atoms with Gasteiger partial charge in [0.05, 0.1) is 9.79 Å². The lowest BCUT2D eigenvalue weighted by Gasteiger charge is -2.16. The number of hydrogen-bond acceptors (Lipinski definition) is 8. The number of nitrogens with zero attached hydrogens (tertiary/aromatic N) is 1. The van der Waals surface area contributed by atoms with E-state index >= 15 is 0 Å². The Bertz CT molecular complexity index is 1150. The summed E-state index contributed by atoms with van der Waals surface area (Å²) >= 11 is 0. The number of carbonyl (C=O) groups excluding carboxylic acids is 1. The van der Waals surface area contributed by atoms with E-state index in [1.54, 1.807) is 18.5 Å². The molecule has 0 spiro atoms. The van der Waals surface area contributed by atoms with Gasteiger partial charge in [-0.1, -0.05) is 12.1 Å². The van der Waals surface area contributed by atoms with Crippen LogP contribution in [0.5, 0.6) is 5.75 Å². The van der Waals surface area contributed by atoms with Gasteiger partial charge in [0.2, 0.25) is 9.84 Å². The Morgan fingerprint density at radius 2 is 1.74 bits per heavy atom. The molecule has 31 heavy (non-hydrogen) atoms. The third-order valence-electron chi connectivity index (χ3n) is 3.97. The van der Waals surface area contributed by atoms with E-state index in [9.17, 15) is 13.2 Å². The molecule has 11 heteroatoms. The molecule has 0 aliphatic heterocycles. The van der Waals surface area contributed by atoms with Crippen LogP contribution in [-0.2, 0) is 16.4 Å². The molecular formula is C20H19N3O7S. The molecule has 3 rings (SSSR count). The Kier molecular flexibility index (Phi) is 6.51. The first-order valence-corrected chi connectivity index (χ1v) is 10.4. The molecule has 0 aliphatic carbocycles. The van der Waals surface area contributed by atoms with Crippen molar-refractivity contribution >= 4 is 21.6 Å². The summed E-state index contributed by atoms with van der Waals surface area (Å²) in [5.74, 6) is -0.267. The molecule has 162 valence electrons. The number of ether oxygens (including phenoxy) is 1. The molecule has 0 aliphatic rings. The number of anilines is 1. The number of aliphatic hydroxyl groups is 3. The maximum Gasteiger partial charge on any atom is 0.453 e. The van der Waals surface area contributed by atoms with Gasteiger partial charge < -0.3 is 30.7 Å². The average Bonchev–Trinajstić information content (AvgIpc) is 2.72. The van der Waals surface area contributed by atoms with Crippen LogP contribution in [0, 0.1) is 0 Å².